The van der Waals surface area contributed by atoms with E-state index < -0.39 is 0 Å². The fourth-order valence-electron chi connectivity index (χ4n) is 1.78. The summed E-state index contributed by atoms with van der Waals surface area (Å²) in [5.74, 6) is 0. The Hall–Kier alpha value is -0.410. The highest BCUT2D eigenvalue weighted by Gasteiger charge is 2.18. The average molecular weight is 254 g/mol. The second-order valence-electron chi connectivity index (χ2n) is 5.66. The molecule has 3 heteroatoms. The molecule has 0 bridgehead atoms. The van der Waals surface area contributed by atoms with Crippen LogP contribution < -0.4 is 5.32 Å². The van der Waals surface area contributed by atoms with Gasteiger partial charge in [-0.1, -0.05) is 41.0 Å². The SMILES string of the molecule is CCCC(CC)NCc1cnc(C(C)(C)C)s1. The molecule has 1 unspecified atom stereocenters. The van der Waals surface area contributed by atoms with E-state index in [1.807, 2.05) is 17.5 Å². The van der Waals surface area contributed by atoms with Crippen molar-refractivity contribution in [2.75, 3.05) is 0 Å². The molecule has 0 amide bonds. The van der Waals surface area contributed by atoms with E-state index in [-0.39, 0.29) is 5.41 Å². The van der Waals surface area contributed by atoms with Crippen LogP contribution in [-0.4, -0.2) is 11.0 Å². The van der Waals surface area contributed by atoms with Gasteiger partial charge in [-0.15, -0.1) is 11.3 Å². The number of rotatable bonds is 6. The summed E-state index contributed by atoms with van der Waals surface area (Å²) in [7, 11) is 0. The lowest BCUT2D eigenvalue weighted by Crippen LogP contribution is -2.27. The first kappa shape index (κ1) is 14.7. The minimum absolute atomic E-state index is 0.177. The Labute approximate surface area is 110 Å². The molecule has 2 nitrogen and oxygen atoms in total. The van der Waals surface area contributed by atoms with E-state index in [2.05, 4.69) is 44.9 Å². The van der Waals surface area contributed by atoms with E-state index in [4.69, 9.17) is 0 Å². The van der Waals surface area contributed by atoms with E-state index in [1.54, 1.807) is 0 Å². The summed E-state index contributed by atoms with van der Waals surface area (Å²) in [5.41, 5.74) is 0.177. The normalized spacial score (nSPS) is 13.9. The van der Waals surface area contributed by atoms with Crippen LogP contribution in [0.1, 0.15) is 63.8 Å². The number of hydrogen-bond donors (Lipinski definition) is 1. The molecule has 1 rings (SSSR count). The molecule has 0 aromatic carbocycles. The second-order valence-corrected chi connectivity index (χ2v) is 6.77. The van der Waals surface area contributed by atoms with Gasteiger partial charge < -0.3 is 5.32 Å². The number of nitrogens with zero attached hydrogens (tertiary/aromatic N) is 1. The van der Waals surface area contributed by atoms with Gasteiger partial charge >= 0.3 is 0 Å². The van der Waals surface area contributed by atoms with Crippen LogP contribution in [0.15, 0.2) is 6.20 Å². The summed E-state index contributed by atoms with van der Waals surface area (Å²) in [4.78, 5) is 5.87. The molecule has 1 aromatic heterocycles. The van der Waals surface area contributed by atoms with Crippen molar-refractivity contribution in [1.82, 2.24) is 10.3 Å². The molecule has 0 saturated carbocycles. The van der Waals surface area contributed by atoms with Crippen molar-refractivity contribution in [2.24, 2.45) is 0 Å². The maximum absolute atomic E-state index is 4.52. The smallest absolute Gasteiger partial charge is 0.0981 e. The highest BCUT2D eigenvalue weighted by atomic mass is 32.1. The van der Waals surface area contributed by atoms with E-state index in [9.17, 15) is 0 Å². The monoisotopic (exact) mass is 254 g/mol. The molecular weight excluding hydrogens is 228 g/mol. The second kappa shape index (κ2) is 6.50. The van der Waals surface area contributed by atoms with Crippen LogP contribution >= 0.6 is 11.3 Å². The summed E-state index contributed by atoms with van der Waals surface area (Å²) in [6.45, 7) is 12.1. The van der Waals surface area contributed by atoms with Crippen LogP contribution in [0, 0.1) is 0 Å². The van der Waals surface area contributed by atoms with Crippen LogP contribution in [0.5, 0.6) is 0 Å². The van der Waals surface area contributed by atoms with E-state index >= 15 is 0 Å². The molecule has 0 radical (unpaired) electrons. The lowest BCUT2D eigenvalue weighted by molar-refractivity contribution is 0.464. The Morgan fingerprint density at radius 1 is 1.35 bits per heavy atom. The molecule has 0 saturated heterocycles. The highest BCUT2D eigenvalue weighted by Crippen LogP contribution is 2.26. The lowest BCUT2D eigenvalue weighted by Gasteiger charge is -2.15. The minimum atomic E-state index is 0.177. The predicted molar refractivity (Wildman–Crippen MR) is 76.6 cm³/mol. The molecule has 1 atom stereocenters. The topological polar surface area (TPSA) is 24.9 Å². The zero-order valence-electron chi connectivity index (χ0n) is 11.8. The van der Waals surface area contributed by atoms with E-state index in [0.717, 1.165) is 6.54 Å². The van der Waals surface area contributed by atoms with Gasteiger partial charge in [0, 0.05) is 29.1 Å². The van der Waals surface area contributed by atoms with Crippen LogP contribution in [-0.2, 0) is 12.0 Å². The highest BCUT2D eigenvalue weighted by molar-refractivity contribution is 7.11. The first-order valence-corrected chi connectivity index (χ1v) is 7.47. The third-order valence-corrected chi connectivity index (χ3v) is 4.31. The zero-order valence-corrected chi connectivity index (χ0v) is 12.7. The molecule has 1 aromatic rings. The molecular formula is C14H26N2S. The molecule has 98 valence electrons. The van der Waals surface area contributed by atoms with Crippen LogP contribution in [0.25, 0.3) is 0 Å². The summed E-state index contributed by atoms with van der Waals surface area (Å²) < 4.78 is 0. The van der Waals surface area contributed by atoms with Gasteiger partial charge in [-0.05, 0) is 12.8 Å². The average Bonchev–Trinajstić information content (AvgIpc) is 2.72. The first-order valence-electron chi connectivity index (χ1n) is 6.66. The Balaban J connectivity index is 2.49. The molecule has 0 fully saturated rings. The maximum Gasteiger partial charge on any atom is 0.0981 e. The molecule has 0 spiro atoms. The number of nitrogens with one attached hydrogen (secondary N) is 1. The lowest BCUT2D eigenvalue weighted by atomic mass is 9.98. The predicted octanol–water partition coefficient (Wildman–Crippen LogP) is 4.11. The molecule has 0 aliphatic rings. The summed E-state index contributed by atoms with van der Waals surface area (Å²) in [5, 5.41) is 4.86. The summed E-state index contributed by atoms with van der Waals surface area (Å²) >= 11 is 1.84. The third-order valence-electron chi connectivity index (χ3n) is 2.89. The number of hydrogen-bond acceptors (Lipinski definition) is 3. The number of thiazole rings is 1. The van der Waals surface area contributed by atoms with Crippen LogP contribution in [0.3, 0.4) is 0 Å². The van der Waals surface area contributed by atoms with Crippen molar-refractivity contribution < 1.29 is 0 Å². The molecule has 17 heavy (non-hydrogen) atoms. The van der Waals surface area contributed by atoms with Gasteiger partial charge in [0.15, 0.2) is 0 Å². The van der Waals surface area contributed by atoms with Gasteiger partial charge in [-0.2, -0.15) is 0 Å². The standard InChI is InChI=1S/C14H26N2S/c1-6-8-11(7-2)15-9-12-10-16-13(17-12)14(3,4)5/h10-11,15H,6-9H2,1-5H3. The van der Waals surface area contributed by atoms with E-state index in [1.165, 1.54) is 29.1 Å². The fraction of sp³-hybridized carbons (Fsp3) is 0.786. The molecule has 1 N–H and O–H groups in total. The Kier molecular flexibility index (Phi) is 5.60. The summed E-state index contributed by atoms with van der Waals surface area (Å²) in [6, 6.07) is 0.653. The van der Waals surface area contributed by atoms with Gasteiger partial charge in [0.1, 0.15) is 0 Å². The van der Waals surface area contributed by atoms with Crippen LogP contribution in [0.4, 0.5) is 0 Å². The van der Waals surface area contributed by atoms with Crippen molar-refractivity contribution in [3.63, 3.8) is 0 Å². The quantitative estimate of drug-likeness (QED) is 0.826. The largest absolute Gasteiger partial charge is 0.309 e. The van der Waals surface area contributed by atoms with Gasteiger partial charge in [-0.25, -0.2) is 4.98 Å². The summed E-state index contributed by atoms with van der Waals surface area (Å²) in [6.07, 6.45) is 5.75. The van der Waals surface area contributed by atoms with Crippen molar-refractivity contribution in [2.45, 2.75) is 71.9 Å². The number of aromatic nitrogens is 1. The van der Waals surface area contributed by atoms with Crippen molar-refractivity contribution in [3.8, 4) is 0 Å². The van der Waals surface area contributed by atoms with Gasteiger partial charge in [0.25, 0.3) is 0 Å². The van der Waals surface area contributed by atoms with Crippen LogP contribution in [0.2, 0.25) is 0 Å². The Morgan fingerprint density at radius 3 is 2.53 bits per heavy atom. The van der Waals surface area contributed by atoms with Gasteiger partial charge in [0.2, 0.25) is 0 Å². The molecule has 0 aliphatic heterocycles. The van der Waals surface area contributed by atoms with Gasteiger partial charge in [0.05, 0.1) is 5.01 Å². The Bertz CT molecular complexity index is 325. The fourth-order valence-corrected chi connectivity index (χ4v) is 2.70. The minimum Gasteiger partial charge on any atom is -0.309 e. The molecule has 0 aliphatic carbocycles. The first-order chi connectivity index (χ1) is 7.97. The van der Waals surface area contributed by atoms with Crippen molar-refractivity contribution in [1.29, 1.82) is 0 Å². The van der Waals surface area contributed by atoms with E-state index in [0.29, 0.717) is 6.04 Å². The molecule has 1 heterocycles. The maximum atomic E-state index is 4.52. The Morgan fingerprint density at radius 2 is 2.06 bits per heavy atom. The zero-order chi connectivity index (χ0) is 12.9. The van der Waals surface area contributed by atoms with Crippen molar-refractivity contribution >= 4 is 11.3 Å². The van der Waals surface area contributed by atoms with Gasteiger partial charge in [-0.3, -0.25) is 0 Å². The third kappa shape index (κ3) is 4.76. The van der Waals surface area contributed by atoms with Crippen molar-refractivity contribution in [3.05, 3.63) is 16.1 Å².